The maximum absolute atomic E-state index is 12.8. The van der Waals surface area contributed by atoms with E-state index in [1.165, 1.54) is 25.9 Å². The Hall–Kier alpha value is -2.68. The van der Waals surface area contributed by atoms with Gasteiger partial charge in [0.15, 0.2) is 5.82 Å². The van der Waals surface area contributed by atoms with Crippen LogP contribution in [0.5, 0.6) is 0 Å². The second-order valence-corrected chi connectivity index (χ2v) is 9.40. The summed E-state index contributed by atoms with van der Waals surface area (Å²) >= 11 is 1.58. The molecule has 2 aliphatic heterocycles. The number of likely N-dealkylation sites (tertiary alicyclic amines) is 2. The molecule has 8 heteroatoms. The minimum absolute atomic E-state index is 0.0348. The molecule has 166 valence electrons. The van der Waals surface area contributed by atoms with Gasteiger partial charge in [-0.25, -0.2) is 9.97 Å². The second-order valence-electron chi connectivity index (χ2n) is 8.45. The van der Waals surface area contributed by atoms with Crippen molar-refractivity contribution in [2.45, 2.75) is 31.7 Å². The molecule has 0 aliphatic carbocycles. The first-order chi connectivity index (χ1) is 15.7. The van der Waals surface area contributed by atoms with Crippen LogP contribution in [-0.4, -0.2) is 69.4 Å². The number of nitrogens with one attached hydrogen (secondary N) is 1. The molecule has 3 aromatic heterocycles. The molecule has 0 spiro atoms. The van der Waals surface area contributed by atoms with Gasteiger partial charge in [-0.15, -0.1) is 11.3 Å². The molecular weight excluding hydrogens is 420 g/mol. The minimum atomic E-state index is -0.0348. The highest BCUT2D eigenvalue weighted by molar-refractivity contribution is 7.13. The number of thiophene rings is 1. The van der Waals surface area contributed by atoms with E-state index >= 15 is 0 Å². The van der Waals surface area contributed by atoms with E-state index in [4.69, 9.17) is 0 Å². The third kappa shape index (κ3) is 5.03. The number of anilines is 1. The monoisotopic (exact) mass is 448 g/mol. The summed E-state index contributed by atoms with van der Waals surface area (Å²) in [4.78, 5) is 32.4. The zero-order valence-electron chi connectivity index (χ0n) is 18.1. The van der Waals surface area contributed by atoms with Crippen LogP contribution >= 0.6 is 11.3 Å². The van der Waals surface area contributed by atoms with Gasteiger partial charge in [0, 0.05) is 31.4 Å². The fourth-order valence-corrected chi connectivity index (χ4v) is 5.27. The summed E-state index contributed by atoms with van der Waals surface area (Å²) in [5, 5.41) is 5.00. The molecule has 3 aromatic rings. The molecule has 0 atom stereocenters. The smallest absolute Gasteiger partial charge is 0.239 e. The van der Waals surface area contributed by atoms with Crippen molar-refractivity contribution in [3.8, 4) is 22.1 Å². The predicted octanol–water partition coefficient (Wildman–Crippen LogP) is 3.77. The minimum Gasteiger partial charge on any atom is -0.309 e. The van der Waals surface area contributed by atoms with E-state index in [0.717, 1.165) is 36.5 Å². The lowest BCUT2D eigenvalue weighted by molar-refractivity contribution is -0.117. The average Bonchev–Trinajstić information content (AvgIpc) is 3.55. The second kappa shape index (κ2) is 9.85. The van der Waals surface area contributed by atoms with Gasteiger partial charge in [-0.2, -0.15) is 0 Å². The molecule has 2 fully saturated rings. The van der Waals surface area contributed by atoms with E-state index in [1.807, 2.05) is 35.7 Å². The first-order valence-corrected chi connectivity index (χ1v) is 12.2. The van der Waals surface area contributed by atoms with Gasteiger partial charge in [0.1, 0.15) is 5.82 Å². The third-order valence-corrected chi connectivity index (χ3v) is 7.11. The molecule has 0 saturated carbocycles. The molecule has 0 aromatic carbocycles. The Bertz CT molecular complexity index is 1030. The molecule has 2 saturated heterocycles. The molecular formula is C24H28N6OS. The van der Waals surface area contributed by atoms with Crippen LogP contribution in [0.25, 0.3) is 22.1 Å². The van der Waals surface area contributed by atoms with E-state index in [-0.39, 0.29) is 5.91 Å². The van der Waals surface area contributed by atoms with Gasteiger partial charge in [-0.3, -0.25) is 14.7 Å². The van der Waals surface area contributed by atoms with Crippen molar-refractivity contribution in [1.82, 2.24) is 24.8 Å². The highest BCUT2D eigenvalue weighted by Crippen LogP contribution is 2.26. The van der Waals surface area contributed by atoms with E-state index in [9.17, 15) is 4.79 Å². The van der Waals surface area contributed by atoms with Gasteiger partial charge in [-0.05, 0) is 62.4 Å². The number of aromatic nitrogens is 3. The lowest BCUT2D eigenvalue weighted by Crippen LogP contribution is -2.45. The number of nitrogens with zero attached hydrogens (tertiary/aromatic N) is 5. The lowest BCUT2D eigenvalue weighted by Gasteiger charge is -2.36. The highest BCUT2D eigenvalue weighted by atomic mass is 32.1. The summed E-state index contributed by atoms with van der Waals surface area (Å²) in [7, 11) is 0. The van der Waals surface area contributed by atoms with Crippen molar-refractivity contribution >= 4 is 23.1 Å². The van der Waals surface area contributed by atoms with Crippen LogP contribution in [0.4, 0.5) is 5.82 Å². The zero-order valence-corrected chi connectivity index (χ0v) is 18.9. The predicted molar refractivity (Wildman–Crippen MR) is 127 cm³/mol. The summed E-state index contributed by atoms with van der Waals surface area (Å²) in [6.45, 7) is 4.81. The summed E-state index contributed by atoms with van der Waals surface area (Å²) in [6.07, 6.45) is 6.69. The Morgan fingerprint density at radius 3 is 2.59 bits per heavy atom. The number of hydrogen-bond donors (Lipinski definition) is 1. The van der Waals surface area contributed by atoms with Crippen LogP contribution in [0.15, 0.2) is 48.0 Å². The molecule has 5 heterocycles. The first-order valence-electron chi connectivity index (χ1n) is 11.4. The average molecular weight is 449 g/mol. The number of carbonyl (C=O) groups is 1. The fraction of sp³-hybridized carbons (Fsp3) is 0.417. The van der Waals surface area contributed by atoms with Crippen LogP contribution < -0.4 is 5.32 Å². The Morgan fingerprint density at radius 2 is 1.88 bits per heavy atom. The van der Waals surface area contributed by atoms with Gasteiger partial charge in [0.25, 0.3) is 0 Å². The van der Waals surface area contributed by atoms with Crippen molar-refractivity contribution in [3.63, 3.8) is 0 Å². The maximum Gasteiger partial charge on any atom is 0.239 e. The molecule has 0 bridgehead atoms. The Morgan fingerprint density at radius 1 is 1.03 bits per heavy atom. The van der Waals surface area contributed by atoms with Crippen molar-refractivity contribution in [2.75, 3.05) is 38.0 Å². The molecule has 5 rings (SSSR count). The van der Waals surface area contributed by atoms with Crippen molar-refractivity contribution in [3.05, 3.63) is 48.0 Å². The van der Waals surface area contributed by atoms with Crippen LogP contribution in [-0.2, 0) is 4.79 Å². The molecule has 1 N–H and O–H groups in total. The third-order valence-electron chi connectivity index (χ3n) is 6.24. The molecule has 7 nitrogen and oxygen atoms in total. The van der Waals surface area contributed by atoms with Gasteiger partial charge in [-0.1, -0.05) is 12.1 Å². The van der Waals surface area contributed by atoms with Crippen LogP contribution in [0, 0.1) is 0 Å². The number of hydrogen-bond acceptors (Lipinski definition) is 7. The molecule has 32 heavy (non-hydrogen) atoms. The first kappa shape index (κ1) is 21.2. The number of amides is 1. The topological polar surface area (TPSA) is 74.2 Å². The Kier molecular flexibility index (Phi) is 6.52. The number of pyridine rings is 1. The lowest BCUT2D eigenvalue weighted by atomic mass is 10.0. The van der Waals surface area contributed by atoms with Crippen molar-refractivity contribution in [2.24, 2.45) is 0 Å². The van der Waals surface area contributed by atoms with E-state index < -0.39 is 0 Å². The quantitative estimate of drug-likeness (QED) is 0.619. The summed E-state index contributed by atoms with van der Waals surface area (Å²) in [5.41, 5.74) is 1.46. The maximum atomic E-state index is 12.8. The fourth-order valence-electron chi connectivity index (χ4n) is 4.61. The number of carbonyl (C=O) groups excluding carboxylic acids is 1. The van der Waals surface area contributed by atoms with Crippen molar-refractivity contribution in [1.29, 1.82) is 0 Å². The molecule has 1 amide bonds. The van der Waals surface area contributed by atoms with Crippen molar-refractivity contribution < 1.29 is 4.79 Å². The van der Waals surface area contributed by atoms with Gasteiger partial charge in [0.05, 0.1) is 22.8 Å². The van der Waals surface area contributed by atoms with E-state index in [1.54, 1.807) is 23.6 Å². The molecule has 0 unspecified atom stereocenters. The van der Waals surface area contributed by atoms with Crippen LogP contribution in [0.2, 0.25) is 0 Å². The SMILES string of the molecule is O=C(CN1CCC(N2CCCC2)CC1)Nc1cc(-c2ccccn2)nc(-c2cccs2)n1. The van der Waals surface area contributed by atoms with Crippen LogP contribution in [0.3, 0.4) is 0 Å². The summed E-state index contributed by atoms with van der Waals surface area (Å²) < 4.78 is 0. The van der Waals surface area contributed by atoms with Gasteiger partial charge >= 0.3 is 0 Å². The highest BCUT2D eigenvalue weighted by Gasteiger charge is 2.27. The molecule has 0 radical (unpaired) electrons. The van der Waals surface area contributed by atoms with Gasteiger partial charge < -0.3 is 10.2 Å². The molecule has 2 aliphatic rings. The summed E-state index contributed by atoms with van der Waals surface area (Å²) in [5.74, 6) is 1.08. The summed E-state index contributed by atoms with van der Waals surface area (Å²) in [6, 6.07) is 12.2. The normalized spacial score (nSPS) is 18.1. The van der Waals surface area contributed by atoms with Gasteiger partial charge in [0.2, 0.25) is 5.91 Å². The number of rotatable bonds is 6. The number of piperidine rings is 1. The van der Waals surface area contributed by atoms with E-state index in [2.05, 4.69) is 30.1 Å². The largest absolute Gasteiger partial charge is 0.309 e. The Balaban J connectivity index is 1.26. The van der Waals surface area contributed by atoms with Crippen LogP contribution in [0.1, 0.15) is 25.7 Å². The van der Waals surface area contributed by atoms with E-state index in [0.29, 0.717) is 29.9 Å². The standard InChI is InChI=1S/C24H28N6OS/c31-23(17-29-13-8-18(9-14-29)30-11-3-4-12-30)27-22-16-20(19-6-1-2-10-25-19)26-24(28-22)21-7-5-15-32-21/h1-2,5-7,10,15-16,18H,3-4,8-9,11-14,17H2,(H,26,27,28,31). The Labute approximate surface area is 192 Å². The zero-order chi connectivity index (χ0) is 21.8.